The summed E-state index contributed by atoms with van der Waals surface area (Å²) >= 11 is 0. The number of ether oxygens (including phenoxy) is 1. The Morgan fingerprint density at radius 3 is 2.48 bits per heavy atom. The van der Waals surface area contributed by atoms with Crippen molar-refractivity contribution in [2.45, 2.75) is 25.3 Å². The quantitative estimate of drug-likeness (QED) is 0.805. The van der Waals surface area contributed by atoms with Gasteiger partial charge in [0.15, 0.2) is 0 Å². The van der Waals surface area contributed by atoms with Gasteiger partial charge in [0, 0.05) is 49.4 Å². The van der Waals surface area contributed by atoms with E-state index in [0.717, 1.165) is 5.69 Å². The molecule has 2 fully saturated rings. The zero-order chi connectivity index (χ0) is 21.8. The highest BCUT2D eigenvalue weighted by Gasteiger charge is 2.38. The van der Waals surface area contributed by atoms with Crippen LogP contribution in [0.15, 0.2) is 54.6 Å². The van der Waals surface area contributed by atoms with Gasteiger partial charge < -0.3 is 19.9 Å². The van der Waals surface area contributed by atoms with Crippen molar-refractivity contribution in [3.63, 3.8) is 0 Å². The molecule has 3 amide bonds. The Kier molecular flexibility index (Phi) is 6.21. The molecule has 2 saturated heterocycles. The summed E-state index contributed by atoms with van der Waals surface area (Å²) in [4.78, 5) is 41.4. The highest BCUT2D eigenvalue weighted by atomic mass is 16.5. The van der Waals surface area contributed by atoms with Gasteiger partial charge >= 0.3 is 0 Å². The number of anilines is 1. The second-order valence-corrected chi connectivity index (χ2v) is 8.05. The summed E-state index contributed by atoms with van der Waals surface area (Å²) in [6.45, 7) is 1.56. The molecule has 1 atom stereocenters. The molecule has 2 aliphatic rings. The summed E-state index contributed by atoms with van der Waals surface area (Å²) < 4.78 is 5.24. The first-order chi connectivity index (χ1) is 15.0. The van der Waals surface area contributed by atoms with Gasteiger partial charge in [0.05, 0.1) is 13.0 Å². The first-order valence-corrected chi connectivity index (χ1v) is 10.6. The summed E-state index contributed by atoms with van der Waals surface area (Å²) in [5.74, 6) is 0.234. The van der Waals surface area contributed by atoms with Crippen LogP contribution in [0.25, 0.3) is 0 Å². The average Bonchev–Trinajstić information content (AvgIpc) is 3.21. The molecule has 2 heterocycles. The average molecular weight is 421 g/mol. The third kappa shape index (κ3) is 4.71. The zero-order valence-electron chi connectivity index (χ0n) is 17.6. The van der Waals surface area contributed by atoms with E-state index in [1.165, 1.54) is 0 Å². The van der Waals surface area contributed by atoms with E-state index in [0.29, 0.717) is 43.8 Å². The number of carbonyl (C=O) groups excluding carboxylic acids is 3. The van der Waals surface area contributed by atoms with Crippen molar-refractivity contribution in [3.05, 3.63) is 60.2 Å². The Morgan fingerprint density at radius 2 is 1.77 bits per heavy atom. The lowest BCUT2D eigenvalue weighted by Crippen LogP contribution is -2.48. The van der Waals surface area contributed by atoms with E-state index in [2.05, 4.69) is 5.32 Å². The Morgan fingerprint density at radius 1 is 1.03 bits per heavy atom. The molecule has 0 saturated carbocycles. The summed E-state index contributed by atoms with van der Waals surface area (Å²) in [6.07, 6.45) is 1.65. The number of hydrogen-bond acceptors (Lipinski definition) is 4. The maximum absolute atomic E-state index is 13.0. The minimum Gasteiger partial charge on any atom is -0.497 e. The monoisotopic (exact) mass is 421 g/mol. The molecule has 2 aromatic rings. The molecule has 0 bridgehead atoms. The number of piperidine rings is 1. The predicted octanol–water partition coefficient (Wildman–Crippen LogP) is 2.47. The molecule has 0 unspecified atom stereocenters. The number of amides is 3. The highest BCUT2D eigenvalue weighted by molar-refractivity contribution is 6.00. The number of nitrogens with one attached hydrogen (secondary N) is 1. The molecule has 31 heavy (non-hydrogen) atoms. The van der Waals surface area contributed by atoms with Gasteiger partial charge in [-0.3, -0.25) is 14.4 Å². The normalized spacial score (nSPS) is 19.4. The summed E-state index contributed by atoms with van der Waals surface area (Å²) in [7, 11) is 1.59. The third-order valence-electron chi connectivity index (χ3n) is 6.02. The van der Waals surface area contributed by atoms with Crippen molar-refractivity contribution in [2.24, 2.45) is 5.92 Å². The van der Waals surface area contributed by atoms with Crippen LogP contribution < -0.4 is 15.0 Å². The Labute approximate surface area is 182 Å². The van der Waals surface area contributed by atoms with Gasteiger partial charge in [-0.2, -0.15) is 0 Å². The minimum atomic E-state index is -0.339. The van der Waals surface area contributed by atoms with Crippen LogP contribution in [0.5, 0.6) is 5.75 Å². The number of rotatable bonds is 5. The molecular weight excluding hydrogens is 394 g/mol. The van der Waals surface area contributed by atoms with Crippen molar-refractivity contribution >= 4 is 23.4 Å². The van der Waals surface area contributed by atoms with Crippen LogP contribution in [0, 0.1) is 5.92 Å². The van der Waals surface area contributed by atoms with Crippen molar-refractivity contribution < 1.29 is 19.1 Å². The van der Waals surface area contributed by atoms with Crippen molar-refractivity contribution in [2.75, 3.05) is 31.6 Å². The SMILES string of the molecule is COc1cccc(N2C[C@H](C(=O)N3CCC(NC(=O)c4ccccc4)CC3)CC2=O)c1. The van der Waals surface area contributed by atoms with E-state index in [4.69, 9.17) is 4.74 Å². The lowest BCUT2D eigenvalue weighted by atomic mass is 10.0. The molecule has 162 valence electrons. The summed E-state index contributed by atoms with van der Waals surface area (Å²) in [5, 5.41) is 3.06. The molecule has 1 N–H and O–H groups in total. The van der Waals surface area contributed by atoms with E-state index in [9.17, 15) is 14.4 Å². The van der Waals surface area contributed by atoms with Gasteiger partial charge in [-0.1, -0.05) is 24.3 Å². The third-order valence-corrected chi connectivity index (χ3v) is 6.02. The molecule has 0 aromatic heterocycles. The maximum Gasteiger partial charge on any atom is 0.251 e. The standard InChI is InChI=1S/C24H27N3O4/c1-31-21-9-5-8-20(15-21)27-16-18(14-22(27)28)24(30)26-12-10-19(11-13-26)25-23(29)17-6-3-2-4-7-17/h2-9,15,18-19H,10-14,16H2,1H3,(H,25,29)/t18-/m1/s1. The molecule has 7 heteroatoms. The van der Waals surface area contributed by atoms with Gasteiger partial charge in [-0.15, -0.1) is 0 Å². The summed E-state index contributed by atoms with van der Waals surface area (Å²) in [6, 6.07) is 16.5. The van der Waals surface area contributed by atoms with Crippen molar-refractivity contribution in [1.29, 1.82) is 0 Å². The van der Waals surface area contributed by atoms with E-state index < -0.39 is 0 Å². The molecular formula is C24H27N3O4. The van der Waals surface area contributed by atoms with Gasteiger partial charge in [0.2, 0.25) is 11.8 Å². The molecule has 4 rings (SSSR count). The Bertz CT molecular complexity index is 954. The van der Waals surface area contributed by atoms with Gasteiger partial charge in [0.1, 0.15) is 5.75 Å². The van der Waals surface area contributed by atoms with Crippen LogP contribution in [0.3, 0.4) is 0 Å². The number of likely N-dealkylation sites (tertiary alicyclic amines) is 1. The van der Waals surface area contributed by atoms with Gasteiger partial charge in [-0.05, 0) is 37.1 Å². The second kappa shape index (κ2) is 9.20. The van der Waals surface area contributed by atoms with E-state index >= 15 is 0 Å². The van der Waals surface area contributed by atoms with Crippen LogP contribution in [0.4, 0.5) is 5.69 Å². The maximum atomic E-state index is 13.0. The van der Waals surface area contributed by atoms with Crippen LogP contribution >= 0.6 is 0 Å². The molecule has 2 aliphatic heterocycles. The van der Waals surface area contributed by atoms with E-state index in [1.54, 1.807) is 24.1 Å². The lowest BCUT2D eigenvalue weighted by molar-refractivity contribution is -0.136. The topological polar surface area (TPSA) is 79.0 Å². The number of benzene rings is 2. The lowest BCUT2D eigenvalue weighted by Gasteiger charge is -2.33. The molecule has 2 aromatic carbocycles. The second-order valence-electron chi connectivity index (χ2n) is 8.05. The van der Waals surface area contributed by atoms with Crippen molar-refractivity contribution in [1.82, 2.24) is 10.2 Å². The van der Waals surface area contributed by atoms with Gasteiger partial charge in [0.25, 0.3) is 5.91 Å². The largest absolute Gasteiger partial charge is 0.497 e. The zero-order valence-corrected chi connectivity index (χ0v) is 17.6. The Hall–Kier alpha value is -3.35. The number of hydrogen-bond donors (Lipinski definition) is 1. The first-order valence-electron chi connectivity index (χ1n) is 10.6. The van der Waals surface area contributed by atoms with Crippen LogP contribution in [-0.2, 0) is 9.59 Å². The smallest absolute Gasteiger partial charge is 0.251 e. The fourth-order valence-electron chi connectivity index (χ4n) is 4.26. The Balaban J connectivity index is 1.30. The number of methoxy groups -OCH3 is 1. The van der Waals surface area contributed by atoms with E-state index in [1.807, 2.05) is 47.4 Å². The van der Waals surface area contributed by atoms with Crippen molar-refractivity contribution in [3.8, 4) is 5.75 Å². The molecule has 7 nitrogen and oxygen atoms in total. The summed E-state index contributed by atoms with van der Waals surface area (Å²) in [5.41, 5.74) is 1.39. The predicted molar refractivity (Wildman–Crippen MR) is 117 cm³/mol. The minimum absolute atomic E-state index is 0.0200. The highest BCUT2D eigenvalue weighted by Crippen LogP contribution is 2.29. The van der Waals surface area contributed by atoms with Crippen LogP contribution in [0.2, 0.25) is 0 Å². The molecule has 0 aliphatic carbocycles. The van der Waals surface area contributed by atoms with Gasteiger partial charge in [-0.25, -0.2) is 0 Å². The number of carbonyl (C=O) groups is 3. The number of nitrogens with zero attached hydrogens (tertiary/aromatic N) is 2. The molecule has 0 spiro atoms. The molecule has 0 radical (unpaired) electrons. The van der Waals surface area contributed by atoms with Crippen LogP contribution in [0.1, 0.15) is 29.6 Å². The van der Waals surface area contributed by atoms with E-state index in [-0.39, 0.29) is 36.1 Å². The first kappa shape index (κ1) is 20.9. The fraction of sp³-hybridized carbons (Fsp3) is 0.375. The van der Waals surface area contributed by atoms with Crippen LogP contribution in [-0.4, -0.2) is 55.4 Å². The fourth-order valence-corrected chi connectivity index (χ4v) is 4.26.